The van der Waals surface area contributed by atoms with Crippen LogP contribution in [-0.4, -0.2) is 24.6 Å². The first-order valence-electron chi connectivity index (χ1n) is 8.89. The molecule has 2 heterocycles. The van der Waals surface area contributed by atoms with Gasteiger partial charge in [0.15, 0.2) is 11.6 Å². The Morgan fingerprint density at radius 1 is 1.33 bits per heavy atom. The number of alkyl halides is 2. The number of halogens is 3. The van der Waals surface area contributed by atoms with Gasteiger partial charge in [0, 0.05) is 24.2 Å². The third-order valence-corrected chi connectivity index (χ3v) is 5.79. The van der Waals surface area contributed by atoms with Crippen molar-refractivity contribution in [3.8, 4) is 23.2 Å². The molecule has 1 saturated carbocycles. The molecule has 0 amide bonds. The predicted octanol–water partition coefficient (Wildman–Crippen LogP) is 3.37. The lowest BCUT2D eigenvalue weighted by Crippen LogP contribution is -2.12. The van der Waals surface area contributed by atoms with E-state index in [-0.39, 0.29) is 21.5 Å². The van der Waals surface area contributed by atoms with Crippen molar-refractivity contribution in [1.82, 2.24) is 9.55 Å². The molecule has 0 bridgehead atoms. The molecule has 30 heavy (non-hydrogen) atoms. The minimum Gasteiger partial charge on any atom is -0.432 e. The van der Waals surface area contributed by atoms with Crippen molar-refractivity contribution >= 4 is 20.9 Å². The van der Waals surface area contributed by atoms with Gasteiger partial charge in [0.2, 0.25) is 10.0 Å². The van der Waals surface area contributed by atoms with E-state index >= 15 is 0 Å². The third kappa shape index (κ3) is 3.71. The normalized spacial score (nSPS) is 14.3. The minimum atomic E-state index is -3.96. The van der Waals surface area contributed by atoms with E-state index in [1.165, 1.54) is 12.1 Å². The van der Waals surface area contributed by atoms with Crippen molar-refractivity contribution in [2.45, 2.75) is 30.9 Å². The Bertz CT molecular complexity index is 1280. The van der Waals surface area contributed by atoms with E-state index in [1.807, 2.05) is 6.07 Å². The fourth-order valence-electron chi connectivity index (χ4n) is 3.35. The van der Waals surface area contributed by atoms with Crippen LogP contribution < -0.4 is 9.88 Å². The van der Waals surface area contributed by atoms with Gasteiger partial charge in [-0.15, -0.1) is 0 Å². The van der Waals surface area contributed by atoms with E-state index in [2.05, 4.69) is 9.72 Å². The number of primary sulfonamides is 1. The quantitative estimate of drug-likeness (QED) is 0.637. The van der Waals surface area contributed by atoms with Gasteiger partial charge >= 0.3 is 6.61 Å². The van der Waals surface area contributed by atoms with Crippen LogP contribution in [0.5, 0.6) is 5.75 Å². The van der Waals surface area contributed by atoms with Crippen LogP contribution in [0.25, 0.3) is 22.3 Å². The zero-order valence-electron chi connectivity index (χ0n) is 15.3. The second-order valence-corrected chi connectivity index (χ2v) is 8.55. The summed E-state index contributed by atoms with van der Waals surface area (Å²) in [6.45, 7) is -2.74. The van der Waals surface area contributed by atoms with E-state index < -0.39 is 28.2 Å². The fourth-order valence-corrected chi connectivity index (χ4v) is 3.81. The number of nitrogens with zero attached hydrogens (tertiary/aromatic N) is 3. The van der Waals surface area contributed by atoms with Crippen molar-refractivity contribution in [3.05, 3.63) is 41.8 Å². The lowest BCUT2D eigenvalue weighted by molar-refractivity contribution is -0.0520. The van der Waals surface area contributed by atoms with Gasteiger partial charge in [-0.2, -0.15) is 14.0 Å². The predicted molar refractivity (Wildman–Crippen MR) is 101 cm³/mol. The summed E-state index contributed by atoms with van der Waals surface area (Å²) in [6, 6.07) is 6.80. The van der Waals surface area contributed by atoms with Gasteiger partial charge in [-0.05, 0) is 37.0 Å². The van der Waals surface area contributed by atoms with Crippen LogP contribution in [0.1, 0.15) is 18.4 Å². The summed E-state index contributed by atoms with van der Waals surface area (Å²) in [5, 5.41) is 15.1. The number of ether oxygens (including phenoxy) is 1. The lowest BCUT2D eigenvalue weighted by Gasteiger charge is -2.11. The first-order chi connectivity index (χ1) is 14.2. The zero-order valence-corrected chi connectivity index (χ0v) is 16.2. The second kappa shape index (κ2) is 7.30. The van der Waals surface area contributed by atoms with Crippen LogP contribution >= 0.6 is 0 Å². The summed E-state index contributed by atoms with van der Waals surface area (Å²) in [5.74, 6) is -1.33. The van der Waals surface area contributed by atoms with Crippen molar-refractivity contribution in [2.24, 2.45) is 11.1 Å². The summed E-state index contributed by atoms with van der Waals surface area (Å²) in [4.78, 5) is 3.92. The number of fused-ring (bicyclic) bond motifs is 1. The van der Waals surface area contributed by atoms with Crippen molar-refractivity contribution in [1.29, 1.82) is 5.26 Å². The molecule has 1 aromatic carbocycles. The Morgan fingerprint density at radius 2 is 2.07 bits per heavy atom. The van der Waals surface area contributed by atoms with E-state index in [1.54, 1.807) is 4.57 Å². The number of hydrogen-bond donors (Lipinski definition) is 1. The summed E-state index contributed by atoms with van der Waals surface area (Å²) >= 11 is 0. The average Bonchev–Trinajstić information content (AvgIpc) is 3.44. The molecule has 3 aromatic rings. The average molecular weight is 436 g/mol. The molecule has 1 aliphatic rings. The van der Waals surface area contributed by atoms with E-state index in [4.69, 9.17) is 5.14 Å². The molecule has 0 aliphatic heterocycles. The van der Waals surface area contributed by atoms with Crippen LogP contribution in [0.15, 0.2) is 35.4 Å². The van der Waals surface area contributed by atoms with Crippen LogP contribution in [0.2, 0.25) is 0 Å². The summed E-state index contributed by atoms with van der Waals surface area (Å²) in [7, 11) is -3.96. The number of nitriles is 1. The van der Waals surface area contributed by atoms with Gasteiger partial charge in [0.05, 0.1) is 22.5 Å². The Hall–Kier alpha value is -3.10. The summed E-state index contributed by atoms with van der Waals surface area (Å²) in [6.07, 6.45) is 2.98. The molecule has 2 aromatic heterocycles. The highest BCUT2D eigenvalue weighted by Crippen LogP contribution is 2.40. The second-order valence-electron chi connectivity index (χ2n) is 6.99. The highest BCUT2D eigenvalue weighted by Gasteiger charge is 2.28. The number of benzene rings is 1. The number of aromatic nitrogens is 2. The molecule has 11 heteroatoms. The maximum atomic E-state index is 14.3. The molecule has 1 fully saturated rings. The number of pyridine rings is 1. The molecule has 0 radical (unpaired) electrons. The molecule has 7 nitrogen and oxygen atoms in total. The smallest absolute Gasteiger partial charge is 0.387 e. The van der Waals surface area contributed by atoms with Gasteiger partial charge in [0.25, 0.3) is 0 Å². The Labute approximate surface area is 169 Å². The molecule has 156 valence electrons. The fraction of sp³-hybridized carbons (Fsp3) is 0.263. The van der Waals surface area contributed by atoms with Gasteiger partial charge in [-0.25, -0.2) is 17.9 Å². The van der Waals surface area contributed by atoms with E-state index in [0.717, 1.165) is 31.2 Å². The van der Waals surface area contributed by atoms with Crippen LogP contribution in [-0.2, 0) is 16.6 Å². The minimum absolute atomic E-state index is 0.101. The van der Waals surface area contributed by atoms with Crippen molar-refractivity contribution in [3.63, 3.8) is 0 Å². The van der Waals surface area contributed by atoms with Crippen molar-refractivity contribution in [2.75, 3.05) is 0 Å². The van der Waals surface area contributed by atoms with Gasteiger partial charge in [0.1, 0.15) is 11.0 Å². The largest absolute Gasteiger partial charge is 0.432 e. The molecule has 0 spiro atoms. The highest BCUT2D eigenvalue weighted by molar-refractivity contribution is 7.89. The molecule has 0 atom stereocenters. The molecule has 2 N–H and O–H groups in total. The number of nitrogens with two attached hydrogens (primary N) is 1. The lowest BCUT2D eigenvalue weighted by atomic mass is 10.1. The number of hydrogen-bond acceptors (Lipinski definition) is 5. The number of rotatable bonds is 6. The SMILES string of the molecule is N#Cc1c(-c2ccc(S(N)(=O)=O)cn2)n(CC2CC2)c2cc(OC(F)F)c(F)cc12. The molecule has 1 aliphatic carbocycles. The third-order valence-electron chi connectivity index (χ3n) is 4.89. The molecule has 0 saturated heterocycles. The molecular weight excluding hydrogens is 421 g/mol. The first-order valence-corrected chi connectivity index (χ1v) is 10.4. The topological polar surface area (TPSA) is 111 Å². The van der Waals surface area contributed by atoms with Gasteiger partial charge < -0.3 is 9.30 Å². The van der Waals surface area contributed by atoms with Crippen LogP contribution in [0.3, 0.4) is 0 Å². The maximum Gasteiger partial charge on any atom is 0.387 e. The van der Waals surface area contributed by atoms with Crippen LogP contribution in [0, 0.1) is 23.1 Å². The van der Waals surface area contributed by atoms with Gasteiger partial charge in [-0.1, -0.05) is 0 Å². The molecule has 0 unspecified atom stereocenters. The Kier molecular flexibility index (Phi) is 4.91. The van der Waals surface area contributed by atoms with Crippen molar-refractivity contribution < 1.29 is 26.3 Å². The monoisotopic (exact) mass is 436 g/mol. The summed E-state index contributed by atoms with van der Waals surface area (Å²) < 4.78 is 68.6. The Morgan fingerprint density at radius 3 is 2.60 bits per heavy atom. The van der Waals surface area contributed by atoms with E-state index in [9.17, 15) is 26.9 Å². The summed E-state index contributed by atoms with van der Waals surface area (Å²) in [5.41, 5.74) is 1.06. The Balaban J connectivity index is 1.96. The molecular formula is C19H15F3N4O3S. The molecule has 4 rings (SSSR count). The number of sulfonamides is 1. The van der Waals surface area contributed by atoms with Gasteiger partial charge in [-0.3, -0.25) is 4.98 Å². The first kappa shape index (κ1) is 20.2. The van der Waals surface area contributed by atoms with Crippen LogP contribution in [0.4, 0.5) is 13.2 Å². The maximum absolute atomic E-state index is 14.3. The zero-order chi connectivity index (χ0) is 21.6. The highest BCUT2D eigenvalue weighted by atomic mass is 32.2. The van der Waals surface area contributed by atoms with E-state index in [0.29, 0.717) is 23.7 Å². The standard InChI is InChI=1S/C19H15F3N4O3S/c20-14-5-12-13(7-23)18(15-4-3-11(8-25-15)30(24,27)28)26(9-10-1-2-10)16(12)6-17(14)29-19(21)22/h3-6,8,10,19H,1-2,9H2,(H2,24,27,28).